The number of nitrogens with one attached hydrogen (secondary N) is 1. The molecule has 5 nitrogen and oxygen atoms in total. The van der Waals surface area contributed by atoms with Gasteiger partial charge in [0.1, 0.15) is 5.01 Å². The molecule has 0 spiro atoms. The molecule has 0 bridgehead atoms. The summed E-state index contributed by atoms with van der Waals surface area (Å²) in [7, 11) is 0. The molecule has 1 heterocycles. The lowest BCUT2D eigenvalue weighted by Gasteiger charge is -2.04. The van der Waals surface area contributed by atoms with Crippen LogP contribution >= 0.6 is 11.3 Å². The van der Waals surface area contributed by atoms with Gasteiger partial charge in [0.25, 0.3) is 0 Å². The SMILES string of the molecule is O=C(O)CCC(=O)Nc1ccc(-c2nc3ccccc3s2)cc1. The van der Waals surface area contributed by atoms with E-state index in [0.717, 1.165) is 20.8 Å². The van der Waals surface area contributed by atoms with Gasteiger partial charge < -0.3 is 10.4 Å². The van der Waals surface area contributed by atoms with Crippen molar-refractivity contribution in [1.29, 1.82) is 0 Å². The van der Waals surface area contributed by atoms with Crippen molar-refractivity contribution < 1.29 is 14.7 Å². The Morgan fingerprint density at radius 2 is 1.78 bits per heavy atom. The summed E-state index contributed by atoms with van der Waals surface area (Å²) in [5.41, 5.74) is 2.60. The van der Waals surface area contributed by atoms with E-state index in [-0.39, 0.29) is 18.7 Å². The fourth-order valence-corrected chi connectivity index (χ4v) is 3.11. The molecule has 116 valence electrons. The average molecular weight is 326 g/mol. The highest BCUT2D eigenvalue weighted by atomic mass is 32.1. The minimum atomic E-state index is -0.980. The van der Waals surface area contributed by atoms with Crippen molar-refractivity contribution in [2.45, 2.75) is 12.8 Å². The van der Waals surface area contributed by atoms with Gasteiger partial charge in [0.15, 0.2) is 0 Å². The Labute approximate surface area is 136 Å². The number of para-hydroxylation sites is 1. The molecule has 0 aliphatic carbocycles. The van der Waals surface area contributed by atoms with E-state index in [1.165, 1.54) is 0 Å². The Morgan fingerprint density at radius 3 is 2.48 bits per heavy atom. The van der Waals surface area contributed by atoms with Gasteiger partial charge in [-0.25, -0.2) is 4.98 Å². The number of carboxylic acid groups (broad SMARTS) is 1. The summed E-state index contributed by atoms with van der Waals surface area (Å²) in [6.07, 6.45) is -0.204. The van der Waals surface area contributed by atoms with Crippen LogP contribution in [-0.4, -0.2) is 22.0 Å². The zero-order valence-corrected chi connectivity index (χ0v) is 13.0. The highest BCUT2D eigenvalue weighted by Crippen LogP contribution is 2.30. The van der Waals surface area contributed by atoms with Gasteiger partial charge in [-0.1, -0.05) is 12.1 Å². The minimum Gasteiger partial charge on any atom is -0.481 e. The van der Waals surface area contributed by atoms with E-state index in [1.807, 2.05) is 36.4 Å². The van der Waals surface area contributed by atoms with E-state index in [9.17, 15) is 9.59 Å². The predicted octanol–water partition coefficient (Wildman–Crippen LogP) is 3.77. The Kier molecular flexibility index (Phi) is 4.34. The first-order valence-corrected chi connectivity index (χ1v) is 7.91. The third-order valence-electron chi connectivity index (χ3n) is 3.28. The summed E-state index contributed by atoms with van der Waals surface area (Å²) in [5.74, 6) is -1.29. The van der Waals surface area contributed by atoms with Crippen LogP contribution < -0.4 is 5.32 Å². The van der Waals surface area contributed by atoms with Crippen molar-refractivity contribution in [2.75, 3.05) is 5.32 Å². The van der Waals surface area contributed by atoms with Crippen molar-refractivity contribution in [3.63, 3.8) is 0 Å². The number of aromatic nitrogens is 1. The lowest BCUT2D eigenvalue weighted by atomic mass is 10.2. The third kappa shape index (κ3) is 3.73. The van der Waals surface area contributed by atoms with Crippen molar-refractivity contribution in [3.8, 4) is 10.6 Å². The maximum atomic E-state index is 11.6. The molecule has 1 aromatic heterocycles. The van der Waals surface area contributed by atoms with Crippen molar-refractivity contribution in [3.05, 3.63) is 48.5 Å². The number of hydrogen-bond donors (Lipinski definition) is 2. The molecule has 0 aliphatic heterocycles. The summed E-state index contributed by atoms with van der Waals surface area (Å²) in [5, 5.41) is 12.2. The van der Waals surface area contributed by atoms with Gasteiger partial charge in [-0.2, -0.15) is 0 Å². The molecule has 0 radical (unpaired) electrons. The Morgan fingerprint density at radius 1 is 1.04 bits per heavy atom. The average Bonchev–Trinajstić information content (AvgIpc) is 2.97. The van der Waals surface area contributed by atoms with Gasteiger partial charge in [-0.15, -0.1) is 11.3 Å². The molecule has 1 amide bonds. The molecule has 2 N–H and O–H groups in total. The molecule has 0 aliphatic rings. The zero-order chi connectivity index (χ0) is 16.2. The normalized spacial score (nSPS) is 10.6. The van der Waals surface area contributed by atoms with E-state index in [1.54, 1.807) is 23.5 Å². The quantitative estimate of drug-likeness (QED) is 0.748. The van der Waals surface area contributed by atoms with Gasteiger partial charge in [0.05, 0.1) is 16.6 Å². The van der Waals surface area contributed by atoms with E-state index < -0.39 is 5.97 Å². The zero-order valence-electron chi connectivity index (χ0n) is 12.2. The number of benzene rings is 2. The number of thiazole rings is 1. The van der Waals surface area contributed by atoms with Crippen molar-refractivity contribution in [1.82, 2.24) is 4.98 Å². The molecule has 3 rings (SSSR count). The molecule has 0 atom stereocenters. The summed E-state index contributed by atoms with van der Waals surface area (Å²) < 4.78 is 1.13. The molecule has 3 aromatic rings. The molecule has 0 fully saturated rings. The predicted molar refractivity (Wildman–Crippen MR) is 90.6 cm³/mol. The number of fused-ring (bicyclic) bond motifs is 1. The number of carboxylic acids is 1. The summed E-state index contributed by atoms with van der Waals surface area (Å²) in [6.45, 7) is 0. The van der Waals surface area contributed by atoms with Crippen LogP contribution in [-0.2, 0) is 9.59 Å². The Hall–Kier alpha value is -2.73. The maximum absolute atomic E-state index is 11.6. The number of amides is 1. The number of carbonyl (C=O) groups excluding carboxylic acids is 1. The fourth-order valence-electron chi connectivity index (χ4n) is 2.14. The van der Waals surface area contributed by atoms with Crippen LogP contribution in [0, 0.1) is 0 Å². The number of anilines is 1. The highest BCUT2D eigenvalue weighted by molar-refractivity contribution is 7.21. The van der Waals surface area contributed by atoms with Crippen LogP contribution in [0.2, 0.25) is 0 Å². The summed E-state index contributed by atoms with van der Waals surface area (Å²) in [6, 6.07) is 15.3. The first kappa shape index (κ1) is 15.2. The second-order valence-electron chi connectivity index (χ2n) is 5.01. The topological polar surface area (TPSA) is 79.3 Å². The molecular formula is C17H14N2O3S. The summed E-state index contributed by atoms with van der Waals surface area (Å²) >= 11 is 1.62. The fraction of sp³-hybridized carbons (Fsp3) is 0.118. The van der Waals surface area contributed by atoms with Gasteiger partial charge in [-0.05, 0) is 36.4 Å². The number of hydrogen-bond acceptors (Lipinski definition) is 4. The number of carbonyl (C=O) groups is 2. The molecule has 6 heteroatoms. The molecular weight excluding hydrogens is 312 g/mol. The Balaban J connectivity index is 1.71. The van der Waals surface area contributed by atoms with Gasteiger partial charge in [-0.3, -0.25) is 9.59 Å². The van der Waals surface area contributed by atoms with Crippen LogP contribution in [0.3, 0.4) is 0 Å². The van der Waals surface area contributed by atoms with E-state index in [4.69, 9.17) is 5.11 Å². The van der Waals surface area contributed by atoms with E-state index in [0.29, 0.717) is 5.69 Å². The minimum absolute atomic E-state index is 0.0328. The van der Waals surface area contributed by atoms with Gasteiger partial charge in [0.2, 0.25) is 5.91 Å². The number of nitrogens with zero attached hydrogens (tertiary/aromatic N) is 1. The highest BCUT2D eigenvalue weighted by Gasteiger charge is 2.08. The standard InChI is InChI=1S/C17H14N2O3S/c20-15(9-10-16(21)22)18-12-7-5-11(6-8-12)17-19-13-3-1-2-4-14(13)23-17/h1-8H,9-10H2,(H,18,20)(H,21,22). The Bertz CT molecular complexity index is 823. The second kappa shape index (κ2) is 6.58. The first-order valence-electron chi connectivity index (χ1n) is 7.09. The molecule has 0 saturated heterocycles. The van der Waals surface area contributed by atoms with Crippen LogP contribution in [0.25, 0.3) is 20.8 Å². The monoisotopic (exact) mass is 326 g/mol. The maximum Gasteiger partial charge on any atom is 0.303 e. The molecule has 0 unspecified atom stereocenters. The van der Waals surface area contributed by atoms with Gasteiger partial charge in [0, 0.05) is 17.7 Å². The molecule has 0 saturated carbocycles. The summed E-state index contributed by atoms with van der Waals surface area (Å²) in [4.78, 5) is 26.6. The van der Waals surface area contributed by atoms with Crippen molar-refractivity contribution >= 4 is 39.1 Å². The second-order valence-corrected chi connectivity index (χ2v) is 6.04. The smallest absolute Gasteiger partial charge is 0.303 e. The van der Waals surface area contributed by atoms with Crippen LogP contribution in [0.1, 0.15) is 12.8 Å². The van der Waals surface area contributed by atoms with Gasteiger partial charge >= 0.3 is 5.97 Å². The van der Waals surface area contributed by atoms with Crippen LogP contribution in [0.15, 0.2) is 48.5 Å². The van der Waals surface area contributed by atoms with Crippen molar-refractivity contribution in [2.24, 2.45) is 0 Å². The van der Waals surface area contributed by atoms with E-state index >= 15 is 0 Å². The van der Waals surface area contributed by atoms with Crippen LogP contribution in [0.4, 0.5) is 5.69 Å². The lowest BCUT2D eigenvalue weighted by molar-refractivity contribution is -0.138. The van der Waals surface area contributed by atoms with Crippen LogP contribution in [0.5, 0.6) is 0 Å². The third-order valence-corrected chi connectivity index (χ3v) is 4.36. The number of aliphatic carboxylic acids is 1. The molecule has 23 heavy (non-hydrogen) atoms. The largest absolute Gasteiger partial charge is 0.481 e. The molecule has 2 aromatic carbocycles. The van der Waals surface area contributed by atoms with E-state index in [2.05, 4.69) is 10.3 Å². The lowest BCUT2D eigenvalue weighted by Crippen LogP contribution is -2.12. The number of rotatable bonds is 5. The first-order chi connectivity index (χ1) is 11.1.